The standard InChI is InChI=1S/C19H19BrN2O3/c1-3-15-11-19(25,13-7-9-14(20)10-8-13)22(21-15)18(24)16-6-4-5-12(2)17(16)23/h4-10,23,25H,3,11H2,1-2H3/t19-/m1/s1. The minimum absolute atomic E-state index is 0.0918. The quantitative estimate of drug-likeness (QED) is 0.816. The third kappa shape index (κ3) is 3.07. The Hall–Kier alpha value is -2.18. The normalized spacial score (nSPS) is 19.8. The number of aromatic hydroxyl groups is 1. The molecule has 1 atom stereocenters. The van der Waals surface area contributed by atoms with Gasteiger partial charge in [-0.3, -0.25) is 4.79 Å². The highest BCUT2D eigenvalue weighted by Gasteiger charge is 2.46. The van der Waals surface area contributed by atoms with E-state index in [9.17, 15) is 15.0 Å². The van der Waals surface area contributed by atoms with E-state index >= 15 is 0 Å². The van der Waals surface area contributed by atoms with Crippen LogP contribution in [0, 0.1) is 6.92 Å². The molecule has 6 heteroatoms. The number of rotatable bonds is 3. The SMILES string of the molecule is CCC1=NN(C(=O)c2cccc(C)c2O)[C@](O)(c2ccc(Br)cc2)C1. The number of aryl methyl sites for hydroxylation is 1. The van der Waals surface area contributed by atoms with Crippen LogP contribution < -0.4 is 0 Å². The molecule has 0 saturated heterocycles. The van der Waals surface area contributed by atoms with Gasteiger partial charge >= 0.3 is 0 Å². The highest BCUT2D eigenvalue weighted by atomic mass is 79.9. The summed E-state index contributed by atoms with van der Waals surface area (Å²) in [5.74, 6) is -0.624. The number of nitrogens with zero attached hydrogens (tertiary/aromatic N) is 2. The van der Waals surface area contributed by atoms with Crippen molar-refractivity contribution < 1.29 is 15.0 Å². The number of para-hydroxylation sites is 1. The molecule has 2 aromatic carbocycles. The van der Waals surface area contributed by atoms with Gasteiger partial charge < -0.3 is 10.2 Å². The zero-order valence-electron chi connectivity index (χ0n) is 14.0. The Balaban J connectivity index is 2.07. The van der Waals surface area contributed by atoms with Crippen LogP contribution in [0.1, 0.15) is 41.3 Å². The van der Waals surface area contributed by atoms with Crippen molar-refractivity contribution in [3.05, 3.63) is 63.6 Å². The lowest BCUT2D eigenvalue weighted by molar-refractivity contribution is -0.0766. The van der Waals surface area contributed by atoms with E-state index < -0.39 is 11.6 Å². The Bertz CT molecular complexity index is 848. The van der Waals surface area contributed by atoms with E-state index in [4.69, 9.17) is 0 Å². The van der Waals surface area contributed by atoms with Gasteiger partial charge in [0.15, 0.2) is 5.72 Å². The second-order valence-corrected chi connectivity index (χ2v) is 7.02. The fraction of sp³-hybridized carbons (Fsp3) is 0.263. The smallest absolute Gasteiger partial charge is 0.280 e. The highest BCUT2D eigenvalue weighted by molar-refractivity contribution is 9.10. The summed E-state index contributed by atoms with van der Waals surface area (Å²) in [5, 5.41) is 27.0. The molecule has 0 aromatic heterocycles. The number of phenolic OH excluding ortho intramolecular Hbond substituents is 1. The number of carbonyl (C=O) groups is 1. The van der Waals surface area contributed by atoms with Crippen LogP contribution in [0.15, 0.2) is 52.0 Å². The van der Waals surface area contributed by atoms with E-state index in [0.717, 1.165) is 15.2 Å². The van der Waals surface area contributed by atoms with Crippen molar-refractivity contribution in [2.24, 2.45) is 5.10 Å². The topological polar surface area (TPSA) is 73.1 Å². The van der Waals surface area contributed by atoms with Crippen LogP contribution >= 0.6 is 15.9 Å². The van der Waals surface area contributed by atoms with Gasteiger partial charge in [-0.25, -0.2) is 0 Å². The zero-order valence-corrected chi connectivity index (χ0v) is 15.6. The van der Waals surface area contributed by atoms with Crippen LogP contribution in [-0.2, 0) is 5.72 Å². The van der Waals surface area contributed by atoms with Crippen molar-refractivity contribution in [3.63, 3.8) is 0 Å². The van der Waals surface area contributed by atoms with Crippen LogP contribution in [0.4, 0.5) is 0 Å². The van der Waals surface area contributed by atoms with Crippen molar-refractivity contribution in [2.45, 2.75) is 32.4 Å². The molecular weight excluding hydrogens is 384 g/mol. The Morgan fingerprint density at radius 3 is 2.60 bits per heavy atom. The lowest BCUT2D eigenvalue weighted by Crippen LogP contribution is -2.43. The van der Waals surface area contributed by atoms with Crippen molar-refractivity contribution >= 4 is 27.5 Å². The van der Waals surface area contributed by atoms with Crippen LogP contribution in [0.5, 0.6) is 5.75 Å². The van der Waals surface area contributed by atoms with Gasteiger partial charge in [0.1, 0.15) is 5.75 Å². The molecule has 0 bridgehead atoms. The first-order valence-electron chi connectivity index (χ1n) is 8.04. The predicted molar refractivity (Wildman–Crippen MR) is 99.4 cm³/mol. The van der Waals surface area contributed by atoms with Gasteiger partial charge in [-0.2, -0.15) is 10.1 Å². The minimum atomic E-state index is -1.57. The number of phenols is 1. The van der Waals surface area contributed by atoms with E-state index in [1.165, 1.54) is 6.07 Å². The van der Waals surface area contributed by atoms with Gasteiger partial charge in [-0.15, -0.1) is 0 Å². The lowest BCUT2D eigenvalue weighted by atomic mass is 9.96. The first kappa shape index (κ1) is 17.6. The number of hydrogen-bond donors (Lipinski definition) is 2. The van der Waals surface area contributed by atoms with Gasteiger partial charge in [-0.05, 0) is 37.1 Å². The predicted octanol–water partition coefficient (Wildman–Crippen LogP) is 3.92. The molecule has 1 aliphatic heterocycles. The Labute approximate surface area is 154 Å². The number of hydrazone groups is 1. The summed E-state index contributed by atoms with van der Waals surface area (Å²) in [6.45, 7) is 3.65. The molecule has 25 heavy (non-hydrogen) atoms. The third-order valence-corrected chi connectivity index (χ3v) is 4.95. The average Bonchev–Trinajstić information content (AvgIpc) is 2.95. The molecule has 130 valence electrons. The van der Waals surface area contributed by atoms with Gasteiger partial charge in [0, 0.05) is 22.2 Å². The molecule has 2 N–H and O–H groups in total. The molecule has 0 aliphatic carbocycles. The summed E-state index contributed by atoms with van der Waals surface area (Å²) in [7, 11) is 0. The molecule has 2 aromatic rings. The minimum Gasteiger partial charge on any atom is -0.507 e. The number of aliphatic hydroxyl groups is 1. The van der Waals surface area contributed by atoms with Crippen LogP contribution in [0.3, 0.4) is 0 Å². The second kappa shape index (κ2) is 6.61. The molecule has 0 unspecified atom stereocenters. The summed E-state index contributed by atoms with van der Waals surface area (Å²) in [5.41, 5.74) is 0.446. The van der Waals surface area contributed by atoms with E-state index in [1.807, 2.05) is 19.1 Å². The number of benzene rings is 2. The number of halogens is 1. The molecule has 0 radical (unpaired) electrons. The second-order valence-electron chi connectivity index (χ2n) is 6.11. The molecule has 1 amide bonds. The maximum Gasteiger partial charge on any atom is 0.280 e. The Morgan fingerprint density at radius 2 is 1.96 bits per heavy atom. The molecule has 5 nitrogen and oxygen atoms in total. The molecule has 0 fully saturated rings. The van der Waals surface area contributed by atoms with E-state index in [-0.39, 0.29) is 17.7 Å². The fourth-order valence-corrected chi connectivity index (χ4v) is 3.18. The zero-order chi connectivity index (χ0) is 18.2. The fourth-order valence-electron chi connectivity index (χ4n) is 2.91. The molecule has 0 saturated carbocycles. The van der Waals surface area contributed by atoms with Gasteiger partial charge in [-0.1, -0.05) is 47.1 Å². The van der Waals surface area contributed by atoms with Crippen molar-refractivity contribution in [1.29, 1.82) is 0 Å². The van der Waals surface area contributed by atoms with E-state index in [0.29, 0.717) is 17.5 Å². The van der Waals surface area contributed by atoms with Gasteiger partial charge in [0.25, 0.3) is 5.91 Å². The highest BCUT2D eigenvalue weighted by Crippen LogP contribution is 2.38. The van der Waals surface area contributed by atoms with Gasteiger partial charge in [0.05, 0.1) is 5.56 Å². The molecule has 1 aliphatic rings. The van der Waals surface area contributed by atoms with Crippen LogP contribution in [-0.4, -0.2) is 26.8 Å². The van der Waals surface area contributed by atoms with Crippen molar-refractivity contribution in [3.8, 4) is 5.75 Å². The van der Waals surface area contributed by atoms with Crippen molar-refractivity contribution in [2.75, 3.05) is 0 Å². The summed E-state index contributed by atoms with van der Waals surface area (Å²) in [6, 6.07) is 12.1. The molecule has 0 spiro atoms. The summed E-state index contributed by atoms with van der Waals surface area (Å²) in [6.07, 6.45) is 0.867. The molecular formula is C19H19BrN2O3. The Kier molecular flexibility index (Phi) is 4.67. The van der Waals surface area contributed by atoms with Crippen LogP contribution in [0.2, 0.25) is 0 Å². The van der Waals surface area contributed by atoms with Crippen molar-refractivity contribution in [1.82, 2.24) is 5.01 Å². The van der Waals surface area contributed by atoms with E-state index in [1.54, 1.807) is 31.2 Å². The first-order chi connectivity index (χ1) is 11.9. The average molecular weight is 403 g/mol. The first-order valence-corrected chi connectivity index (χ1v) is 8.84. The number of carbonyl (C=O) groups excluding carboxylic acids is 1. The maximum atomic E-state index is 13.0. The van der Waals surface area contributed by atoms with E-state index in [2.05, 4.69) is 21.0 Å². The molecule has 3 rings (SSSR count). The number of hydrogen-bond acceptors (Lipinski definition) is 4. The lowest BCUT2D eigenvalue weighted by Gasteiger charge is -2.31. The number of amides is 1. The Morgan fingerprint density at radius 1 is 1.28 bits per heavy atom. The van der Waals surface area contributed by atoms with Gasteiger partial charge in [0.2, 0.25) is 0 Å². The largest absolute Gasteiger partial charge is 0.507 e. The molecule has 1 heterocycles. The summed E-state index contributed by atoms with van der Waals surface area (Å²) in [4.78, 5) is 13.0. The maximum absolute atomic E-state index is 13.0. The van der Waals surface area contributed by atoms with Crippen LogP contribution in [0.25, 0.3) is 0 Å². The monoisotopic (exact) mass is 402 g/mol. The summed E-state index contributed by atoms with van der Waals surface area (Å²) >= 11 is 3.37. The third-order valence-electron chi connectivity index (χ3n) is 4.42. The summed E-state index contributed by atoms with van der Waals surface area (Å²) < 4.78 is 0.878.